The molecule has 15 nitrogen and oxygen atoms in total. The molecule has 4 aliphatic rings. The Labute approximate surface area is 225 Å². The van der Waals surface area contributed by atoms with Crippen LogP contribution in [0, 0.1) is 0 Å². The first kappa shape index (κ1) is 26.8. The smallest absolute Gasteiger partial charge is 0.341 e. The van der Waals surface area contributed by atoms with Gasteiger partial charge in [-0.1, -0.05) is 26.0 Å². The number of hydrogen-bond acceptors (Lipinski definition) is 12. The van der Waals surface area contributed by atoms with Crippen molar-refractivity contribution in [2.75, 3.05) is 33.9 Å². The summed E-state index contributed by atoms with van der Waals surface area (Å²) in [6.07, 6.45) is 0.804. The summed E-state index contributed by atoms with van der Waals surface area (Å²) >= 11 is 0. The lowest BCUT2D eigenvalue weighted by atomic mass is 9.79. The fraction of sp³-hybridized carbons (Fsp3) is 0.583. The standard InChI is InChI=1S/C24H35N9O6/c1-22(2)8-9-39-16-12(6-5-7-13(16)22)18(34)29-15-11-33-20(26)28-14(10-27-21(35)32(3)38-4)17-23(33,24(15,36)37)31-19(25)30-17/h5-7,14-15,17,36-37H,8-11H2,1-4H3,(H2,26,28)(H,27,35)(H,29,34)(H3,25,30,31)/t14-,15-,17-,23-/m0/s1. The van der Waals surface area contributed by atoms with Gasteiger partial charge in [0.25, 0.3) is 5.91 Å². The average molecular weight is 546 g/mol. The Morgan fingerprint density at radius 1 is 1.31 bits per heavy atom. The van der Waals surface area contributed by atoms with Crippen LogP contribution >= 0.6 is 0 Å². The Bertz CT molecular complexity index is 1250. The third kappa shape index (κ3) is 3.99. The summed E-state index contributed by atoms with van der Waals surface area (Å²) in [6, 6.07) is 1.79. The van der Waals surface area contributed by atoms with Crippen molar-refractivity contribution in [3.8, 4) is 5.75 Å². The van der Waals surface area contributed by atoms with Crippen molar-refractivity contribution in [3.63, 3.8) is 0 Å². The van der Waals surface area contributed by atoms with Gasteiger partial charge in [0.15, 0.2) is 17.6 Å². The van der Waals surface area contributed by atoms with Crippen molar-refractivity contribution in [3.05, 3.63) is 29.3 Å². The lowest BCUT2D eigenvalue weighted by Crippen LogP contribution is -2.78. The fourth-order valence-electron chi connectivity index (χ4n) is 5.82. The zero-order chi connectivity index (χ0) is 28.3. The van der Waals surface area contributed by atoms with E-state index in [1.807, 2.05) is 6.07 Å². The second-order valence-electron chi connectivity index (χ2n) is 10.8. The molecule has 39 heavy (non-hydrogen) atoms. The minimum atomic E-state index is -2.61. The van der Waals surface area contributed by atoms with E-state index in [-0.39, 0.29) is 36.0 Å². The van der Waals surface area contributed by atoms with Gasteiger partial charge in [-0.3, -0.25) is 9.63 Å². The summed E-state index contributed by atoms with van der Waals surface area (Å²) in [7, 11) is 2.77. The van der Waals surface area contributed by atoms with Crippen LogP contribution in [0.25, 0.3) is 0 Å². The van der Waals surface area contributed by atoms with Gasteiger partial charge in [-0.15, -0.1) is 0 Å². The van der Waals surface area contributed by atoms with Crippen LogP contribution in [0.4, 0.5) is 4.79 Å². The number of aliphatic hydroxyl groups is 2. The Hall–Kier alpha value is -3.82. The number of hydroxylamine groups is 2. The van der Waals surface area contributed by atoms with Crippen molar-refractivity contribution in [2.45, 2.75) is 55.3 Å². The maximum Gasteiger partial charge on any atom is 0.341 e. The Kier molecular flexibility index (Phi) is 6.27. The van der Waals surface area contributed by atoms with E-state index >= 15 is 0 Å². The number of guanidine groups is 2. The van der Waals surface area contributed by atoms with Crippen molar-refractivity contribution in [1.82, 2.24) is 25.9 Å². The van der Waals surface area contributed by atoms with E-state index in [4.69, 9.17) is 21.0 Å². The lowest BCUT2D eigenvalue weighted by Gasteiger charge is -2.49. The molecule has 1 saturated heterocycles. The quantitative estimate of drug-likeness (QED) is 0.156. The molecule has 0 saturated carbocycles. The summed E-state index contributed by atoms with van der Waals surface area (Å²) in [5.74, 6) is -2.77. The van der Waals surface area contributed by atoms with E-state index in [1.165, 1.54) is 19.1 Å². The lowest BCUT2D eigenvalue weighted by molar-refractivity contribution is -0.230. The number of rotatable bonds is 5. The summed E-state index contributed by atoms with van der Waals surface area (Å²) < 4.78 is 5.88. The van der Waals surface area contributed by atoms with Gasteiger partial charge in [-0.05, 0) is 17.9 Å². The molecule has 0 bridgehead atoms. The van der Waals surface area contributed by atoms with Gasteiger partial charge in [0.1, 0.15) is 17.8 Å². The van der Waals surface area contributed by atoms with Crippen LogP contribution < -0.4 is 32.2 Å². The number of fused-ring (bicyclic) bond motifs is 1. The number of carbonyl (C=O) groups excluding carboxylic acids is 2. The minimum Gasteiger partial charge on any atom is -0.492 e. The topological polar surface area (TPSA) is 212 Å². The number of nitrogens with two attached hydrogens (primary N) is 2. The van der Waals surface area contributed by atoms with Crippen LogP contribution in [0.2, 0.25) is 0 Å². The van der Waals surface area contributed by atoms with E-state index in [0.717, 1.165) is 17.0 Å². The summed E-state index contributed by atoms with van der Waals surface area (Å²) in [6.45, 7) is 4.47. The van der Waals surface area contributed by atoms with Crippen LogP contribution in [-0.2, 0) is 10.3 Å². The number of carbonyl (C=O) groups is 2. The van der Waals surface area contributed by atoms with E-state index in [2.05, 4.69) is 39.8 Å². The van der Waals surface area contributed by atoms with Gasteiger partial charge in [-0.25, -0.2) is 19.8 Å². The van der Waals surface area contributed by atoms with Gasteiger partial charge in [0.05, 0.1) is 25.3 Å². The Balaban J connectivity index is 1.43. The molecule has 4 atom stereocenters. The molecule has 4 heterocycles. The first-order chi connectivity index (χ1) is 18.3. The van der Waals surface area contributed by atoms with E-state index in [9.17, 15) is 19.8 Å². The molecule has 0 unspecified atom stereocenters. The van der Waals surface area contributed by atoms with Crippen LogP contribution in [0.5, 0.6) is 5.75 Å². The molecule has 1 fully saturated rings. The van der Waals surface area contributed by atoms with Crippen LogP contribution in [0.15, 0.2) is 28.2 Å². The molecule has 1 aromatic rings. The molecule has 212 valence electrons. The number of para-hydroxylation sites is 1. The highest BCUT2D eigenvalue weighted by Crippen LogP contribution is 2.45. The molecule has 9 N–H and O–H groups in total. The average Bonchev–Trinajstić information content (AvgIpc) is 3.35. The van der Waals surface area contributed by atoms with Crippen LogP contribution in [0.1, 0.15) is 36.2 Å². The third-order valence-corrected chi connectivity index (χ3v) is 8.09. The largest absolute Gasteiger partial charge is 0.492 e. The molecular formula is C24H35N9O6. The first-order valence-electron chi connectivity index (χ1n) is 12.6. The number of urea groups is 1. The van der Waals surface area contributed by atoms with Crippen LogP contribution in [-0.4, -0.2) is 107 Å². The number of ether oxygens (including phenoxy) is 1. The molecule has 0 radical (unpaired) electrons. The van der Waals surface area contributed by atoms with Crippen molar-refractivity contribution in [1.29, 1.82) is 0 Å². The highest BCUT2D eigenvalue weighted by molar-refractivity contribution is 5.98. The number of benzene rings is 1. The fourth-order valence-corrected chi connectivity index (χ4v) is 5.82. The van der Waals surface area contributed by atoms with Crippen molar-refractivity contribution >= 4 is 23.9 Å². The van der Waals surface area contributed by atoms with Gasteiger partial charge in [0, 0.05) is 25.7 Å². The molecular weight excluding hydrogens is 510 g/mol. The maximum atomic E-state index is 13.5. The molecule has 4 aliphatic heterocycles. The molecule has 15 heteroatoms. The molecule has 1 aromatic carbocycles. The highest BCUT2D eigenvalue weighted by Gasteiger charge is 2.73. The van der Waals surface area contributed by atoms with Gasteiger partial charge in [0.2, 0.25) is 5.79 Å². The number of nitrogens with zero attached hydrogens (tertiary/aromatic N) is 4. The second-order valence-corrected chi connectivity index (χ2v) is 10.8. The molecule has 5 rings (SSSR count). The number of amides is 3. The highest BCUT2D eigenvalue weighted by atomic mass is 16.7. The van der Waals surface area contributed by atoms with Crippen LogP contribution in [0.3, 0.4) is 0 Å². The first-order valence-corrected chi connectivity index (χ1v) is 12.6. The Morgan fingerprint density at radius 3 is 2.77 bits per heavy atom. The predicted octanol–water partition coefficient (Wildman–Crippen LogP) is -2.28. The zero-order valence-corrected chi connectivity index (χ0v) is 22.3. The molecule has 0 aromatic heterocycles. The molecule has 1 spiro atoms. The van der Waals surface area contributed by atoms with Gasteiger partial charge in [-0.2, -0.15) is 0 Å². The van der Waals surface area contributed by atoms with E-state index in [0.29, 0.717) is 12.4 Å². The van der Waals surface area contributed by atoms with E-state index < -0.39 is 41.5 Å². The molecule has 3 amide bonds. The third-order valence-electron chi connectivity index (χ3n) is 8.09. The number of nitrogens with one attached hydrogen (secondary N) is 3. The second kappa shape index (κ2) is 9.14. The Morgan fingerprint density at radius 2 is 2.05 bits per heavy atom. The van der Waals surface area contributed by atoms with Gasteiger partial charge < -0.3 is 47.3 Å². The minimum absolute atomic E-state index is 0.0330. The summed E-state index contributed by atoms with van der Waals surface area (Å²) in [4.78, 5) is 40.9. The molecule has 0 aliphatic carbocycles. The summed E-state index contributed by atoms with van der Waals surface area (Å²) in [5, 5.41) is 32.5. The van der Waals surface area contributed by atoms with Crippen molar-refractivity contribution < 1.29 is 29.4 Å². The SMILES string of the molecule is CON(C)C(=O)NC[C@@H]1N=C(N)N2C[C@H](NC(=O)c3cccc4c3OCCC4(C)C)C(O)(O)[C@@]23NC(N)=N[C@@H]13. The maximum absolute atomic E-state index is 13.5. The van der Waals surface area contributed by atoms with Crippen molar-refractivity contribution in [2.24, 2.45) is 21.5 Å². The monoisotopic (exact) mass is 545 g/mol. The number of hydrogen-bond donors (Lipinski definition) is 7. The predicted molar refractivity (Wildman–Crippen MR) is 140 cm³/mol. The normalized spacial score (nSPS) is 29.5. The summed E-state index contributed by atoms with van der Waals surface area (Å²) in [5.41, 5.74) is 11.6. The zero-order valence-electron chi connectivity index (χ0n) is 22.3. The van der Waals surface area contributed by atoms with E-state index in [1.54, 1.807) is 12.1 Å². The van der Waals surface area contributed by atoms with Gasteiger partial charge >= 0.3 is 6.03 Å². The number of aliphatic imine (C=N–C) groups is 2.